The average molecular weight is 184 g/mol. The molecule has 2 heteroatoms. The SMILES string of the molecule is CCC1OC2CCC(C)C2CC1O. The molecule has 0 aromatic rings. The van der Waals surface area contributed by atoms with Crippen LogP contribution in [0.1, 0.15) is 39.5 Å². The minimum atomic E-state index is -0.216. The van der Waals surface area contributed by atoms with Crippen LogP contribution in [0.3, 0.4) is 0 Å². The maximum absolute atomic E-state index is 9.81. The monoisotopic (exact) mass is 184 g/mol. The number of hydrogen-bond donors (Lipinski definition) is 1. The molecule has 0 aromatic heterocycles. The summed E-state index contributed by atoms with van der Waals surface area (Å²) in [4.78, 5) is 0. The molecule has 0 spiro atoms. The summed E-state index contributed by atoms with van der Waals surface area (Å²) >= 11 is 0. The van der Waals surface area contributed by atoms with Crippen molar-refractivity contribution in [3.05, 3.63) is 0 Å². The third-order valence-electron chi connectivity index (χ3n) is 3.81. The van der Waals surface area contributed by atoms with Crippen molar-refractivity contribution in [1.82, 2.24) is 0 Å². The Morgan fingerprint density at radius 2 is 2.15 bits per heavy atom. The average Bonchev–Trinajstić information content (AvgIpc) is 2.47. The molecular formula is C11H20O2. The molecule has 1 aliphatic carbocycles. The van der Waals surface area contributed by atoms with Gasteiger partial charge >= 0.3 is 0 Å². The van der Waals surface area contributed by atoms with Crippen LogP contribution in [0.2, 0.25) is 0 Å². The maximum Gasteiger partial charge on any atom is 0.0835 e. The van der Waals surface area contributed by atoms with Gasteiger partial charge in [0.05, 0.1) is 18.3 Å². The van der Waals surface area contributed by atoms with Crippen molar-refractivity contribution >= 4 is 0 Å². The topological polar surface area (TPSA) is 29.5 Å². The van der Waals surface area contributed by atoms with Gasteiger partial charge < -0.3 is 9.84 Å². The van der Waals surface area contributed by atoms with Crippen molar-refractivity contribution in [2.75, 3.05) is 0 Å². The van der Waals surface area contributed by atoms with Crippen LogP contribution >= 0.6 is 0 Å². The molecule has 1 saturated heterocycles. The van der Waals surface area contributed by atoms with E-state index in [-0.39, 0.29) is 12.2 Å². The number of rotatable bonds is 1. The van der Waals surface area contributed by atoms with Gasteiger partial charge in [-0.1, -0.05) is 13.8 Å². The van der Waals surface area contributed by atoms with E-state index in [0.717, 1.165) is 18.8 Å². The smallest absolute Gasteiger partial charge is 0.0835 e. The van der Waals surface area contributed by atoms with Crippen molar-refractivity contribution in [2.45, 2.75) is 57.8 Å². The fourth-order valence-electron chi connectivity index (χ4n) is 2.89. The summed E-state index contributed by atoms with van der Waals surface area (Å²) in [5.41, 5.74) is 0. The molecule has 0 radical (unpaired) electrons. The highest BCUT2D eigenvalue weighted by atomic mass is 16.5. The molecular weight excluding hydrogens is 164 g/mol. The highest BCUT2D eigenvalue weighted by molar-refractivity contribution is 4.91. The Balaban J connectivity index is 2.02. The standard InChI is InChI=1S/C11H20O2/c1-3-10-9(12)6-8-7(2)4-5-11(8)13-10/h7-12H,3-6H2,1-2H3. The molecule has 2 aliphatic rings. The van der Waals surface area contributed by atoms with E-state index in [1.807, 2.05) is 0 Å². The molecule has 2 nitrogen and oxygen atoms in total. The normalized spacial score (nSPS) is 50.5. The second-order valence-corrected chi connectivity index (χ2v) is 4.64. The fraction of sp³-hybridized carbons (Fsp3) is 1.00. The van der Waals surface area contributed by atoms with Gasteiger partial charge in [0, 0.05) is 0 Å². The lowest BCUT2D eigenvalue weighted by Crippen LogP contribution is -2.42. The fourth-order valence-corrected chi connectivity index (χ4v) is 2.89. The summed E-state index contributed by atoms with van der Waals surface area (Å²) in [6, 6.07) is 0. The van der Waals surface area contributed by atoms with E-state index in [4.69, 9.17) is 4.74 Å². The number of aliphatic hydroxyl groups is 1. The first kappa shape index (κ1) is 9.47. The zero-order valence-electron chi connectivity index (χ0n) is 8.57. The van der Waals surface area contributed by atoms with Crippen LogP contribution in [0.25, 0.3) is 0 Å². The Morgan fingerprint density at radius 3 is 2.85 bits per heavy atom. The Bertz CT molecular complexity index is 181. The largest absolute Gasteiger partial charge is 0.390 e. The first-order valence-corrected chi connectivity index (χ1v) is 5.56. The lowest BCUT2D eigenvalue weighted by Gasteiger charge is -2.37. The van der Waals surface area contributed by atoms with E-state index in [2.05, 4.69) is 13.8 Å². The molecule has 2 rings (SSSR count). The van der Waals surface area contributed by atoms with Crippen molar-refractivity contribution in [3.8, 4) is 0 Å². The molecule has 1 heterocycles. The number of ether oxygens (including phenoxy) is 1. The van der Waals surface area contributed by atoms with Gasteiger partial charge in [0.25, 0.3) is 0 Å². The van der Waals surface area contributed by atoms with Crippen LogP contribution in [0, 0.1) is 11.8 Å². The predicted octanol–water partition coefficient (Wildman–Crippen LogP) is 1.96. The summed E-state index contributed by atoms with van der Waals surface area (Å²) in [6.07, 6.45) is 4.72. The highest BCUT2D eigenvalue weighted by Gasteiger charge is 2.42. The predicted molar refractivity (Wildman–Crippen MR) is 51.5 cm³/mol. The van der Waals surface area contributed by atoms with E-state index in [1.54, 1.807) is 0 Å². The van der Waals surface area contributed by atoms with Gasteiger partial charge in [-0.3, -0.25) is 0 Å². The van der Waals surface area contributed by atoms with Crippen molar-refractivity contribution in [2.24, 2.45) is 11.8 Å². The highest BCUT2D eigenvalue weighted by Crippen LogP contribution is 2.41. The molecule has 1 aliphatic heterocycles. The van der Waals surface area contributed by atoms with Crippen molar-refractivity contribution in [3.63, 3.8) is 0 Å². The molecule has 76 valence electrons. The minimum absolute atomic E-state index is 0.103. The van der Waals surface area contributed by atoms with Gasteiger partial charge in [-0.15, -0.1) is 0 Å². The van der Waals surface area contributed by atoms with Gasteiger partial charge in [0.15, 0.2) is 0 Å². The minimum Gasteiger partial charge on any atom is -0.390 e. The third-order valence-corrected chi connectivity index (χ3v) is 3.81. The third kappa shape index (κ3) is 1.62. The Hall–Kier alpha value is -0.0800. The molecule has 5 unspecified atom stereocenters. The van der Waals surface area contributed by atoms with Crippen LogP contribution in [0.15, 0.2) is 0 Å². The Labute approximate surface area is 80.3 Å². The summed E-state index contributed by atoms with van der Waals surface area (Å²) < 4.78 is 5.89. The number of hydrogen-bond acceptors (Lipinski definition) is 2. The van der Waals surface area contributed by atoms with E-state index < -0.39 is 0 Å². The van der Waals surface area contributed by atoms with Gasteiger partial charge in [0.1, 0.15) is 0 Å². The van der Waals surface area contributed by atoms with Crippen molar-refractivity contribution < 1.29 is 9.84 Å². The zero-order valence-corrected chi connectivity index (χ0v) is 8.57. The molecule has 0 amide bonds. The Kier molecular flexibility index (Phi) is 2.61. The van der Waals surface area contributed by atoms with Crippen LogP contribution in [-0.2, 0) is 4.74 Å². The molecule has 0 bridgehead atoms. The molecule has 1 N–H and O–H groups in total. The lowest BCUT2D eigenvalue weighted by atomic mass is 9.86. The van der Waals surface area contributed by atoms with Crippen LogP contribution in [0.5, 0.6) is 0 Å². The number of fused-ring (bicyclic) bond motifs is 1. The van der Waals surface area contributed by atoms with Crippen LogP contribution < -0.4 is 0 Å². The second-order valence-electron chi connectivity index (χ2n) is 4.64. The van der Waals surface area contributed by atoms with Gasteiger partial charge in [0.2, 0.25) is 0 Å². The molecule has 13 heavy (non-hydrogen) atoms. The van der Waals surface area contributed by atoms with Gasteiger partial charge in [-0.05, 0) is 37.5 Å². The summed E-state index contributed by atoms with van der Waals surface area (Å²) in [5.74, 6) is 1.37. The van der Waals surface area contributed by atoms with Crippen LogP contribution in [-0.4, -0.2) is 23.4 Å². The first-order chi connectivity index (χ1) is 6.22. The summed E-state index contributed by atoms with van der Waals surface area (Å²) in [6.45, 7) is 4.37. The molecule has 0 aromatic carbocycles. The lowest BCUT2D eigenvalue weighted by molar-refractivity contribution is -0.140. The van der Waals surface area contributed by atoms with E-state index >= 15 is 0 Å². The van der Waals surface area contributed by atoms with E-state index in [9.17, 15) is 5.11 Å². The number of aliphatic hydroxyl groups excluding tert-OH is 1. The van der Waals surface area contributed by atoms with Crippen molar-refractivity contribution in [1.29, 1.82) is 0 Å². The maximum atomic E-state index is 9.81. The zero-order chi connectivity index (χ0) is 9.42. The second kappa shape index (κ2) is 3.58. The van der Waals surface area contributed by atoms with E-state index in [1.165, 1.54) is 12.8 Å². The van der Waals surface area contributed by atoms with Crippen LogP contribution in [0.4, 0.5) is 0 Å². The molecule has 1 saturated carbocycles. The molecule has 5 atom stereocenters. The summed E-state index contributed by atoms with van der Waals surface area (Å²) in [7, 11) is 0. The van der Waals surface area contributed by atoms with Gasteiger partial charge in [-0.25, -0.2) is 0 Å². The summed E-state index contributed by atoms with van der Waals surface area (Å²) in [5, 5.41) is 9.81. The van der Waals surface area contributed by atoms with Gasteiger partial charge in [-0.2, -0.15) is 0 Å². The first-order valence-electron chi connectivity index (χ1n) is 5.56. The Morgan fingerprint density at radius 1 is 1.38 bits per heavy atom. The molecule has 2 fully saturated rings. The quantitative estimate of drug-likeness (QED) is 0.675. The van der Waals surface area contributed by atoms with E-state index in [0.29, 0.717) is 12.0 Å².